The number of halogens is 3. The van der Waals surface area contributed by atoms with Gasteiger partial charge < -0.3 is 5.32 Å². The summed E-state index contributed by atoms with van der Waals surface area (Å²) in [5.41, 5.74) is 0. The highest BCUT2D eigenvalue weighted by Crippen LogP contribution is 2.23. The minimum absolute atomic E-state index is 0.110. The van der Waals surface area contributed by atoms with Crippen molar-refractivity contribution >= 4 is 0 Å². The minimum atomic E-state index is -4.07. The molecule has 1 nitrogen and oxygen atoms in total. The first kappa shape index (κ1) is 13.3. The summed E-state index contributed by atoms with van der Waals surface area (Å²) in [7, 11) is 0. The quantitative estimate of drug-likeness (QED) is 0.660. The Bertz CT molecular complexity index is 181. The van der Waals surface area contributed by atoms with E-state index in [9.17, 15) is 13.2 Å². The summed E-state index contributed by atoms with van der Waals surface area (Å²) in [5.74, 6) is 2.43. The van der Waals surface area contributed by atoms with Crippen LogP contribution >= 0.6 is 0 Å². The van der Waals surface area contributed by atoms with E-state index in [0.717, 1.165) is 0 Å². The van der Waals surface area contributed by atoms with Crippen LogP contribution in [0.25, 0.3) is 0 Å². The summed E-state index contributed by atoms with van der Waals surface area (Å²) < 4.78 is 35.7. The predicted octanol–water partition coefficient (Wildman–Crippen LogP) is 2.72. The van der Waals surface area contributed by atoms with Crippen LogP contribution in [0.5, 0.6) is 0 Å². The molecule has 0 aromatic carbocycles. The zero-order valence-corrected chi connectivity index (χ0v) is 8.32. The van der Waals surface area contributed by atoms with Gasteiger partial charge in [-0.25, -0.2) is 0 Å². The molecule has 4 heteroatoms. The molecule has 82 valence electrons. The molecule has 0 saturated heterocycles. The van der Waals surface area contributed by atoms with Crippen LogP contribution < -0.4 is 5.32 Å². The average Bonchev–Trinajstić information content (AvgIpc) is 2.08. The van der Waals surface area contributed by atoms with Crippen molar-refractivity contribution in [2.45, 2.75) is 44.8 Å². The van der Waals surface area contributed by atoms with Gasteiger partial charge in [0.05, 0.1) is 0 Å². The van der Waals surface area contributed by atoms with Gasteiger partial charge >= 0.3 is 6.18 Å². The third-order valence-corrected chi connectivity index (χ3v) is 1.91. The van der Waals surface area contributed by atoms with Crippen LogP contribution in [0.3, 0.4) is 0 Å². The standard InChI is InChI=1S/C10H16F3N/c1-3-5-6-9(14-4-2)7-8-10(11,12)13/h1,9,14H,4-8H2,2H3. The molecule has 14 heavy (non-hydrogen) atoms. The van der Waals surface area contributed by atoms with Crippen molar-refractivity contribution in [2.24, 2.45) is 0 Å². The first-order valence-electron chi connectivity index (χ1n) is 4.73. The minimum Gasteiger partial charge on any atom is -0.314 e. The van der Waals surface area contributed by atoms with Crippen molar-refractivity contribution in [2.75, 3.05) is 6.54 Å². The van der Waals surface area contributed by atoms with Crippen molar-refractivity contribution in [3.05, 3.63) is 0 Å². The first-order chi connectivity index (χ1) is 6.49. The molecule has 0 aliphatic carbocycles. The zero-order valence-electron chi connectivity index (χ0n) is 8.32. The maximum Gasteiger partial charge on any atom is 0.389 e. The molecule has 0 saturated carbocycles. The van der Waals surface area contributed by atoms with Gasteiger partial charge in [-0.2, -0.15) is 13.2 Å². The number of hydrogen-bond donors (Lipinski definition) is 1. The Morgan fingerprint density at radius 2 is 2.00 bits per heavy atom. The van der Waals surface area contributed by atoms with Gasteiger partial charge in [0, 0.05) is 18.9 Å². The number of rotatable bonds is 6. The highest BCUT2D eigenvalue weighted by Gasteiger charge is 2.27. The van der Waals surface area contributed by atoms with Crippen LogP contribution in [-0.4, -0.2) is 18.8 Å². The summed E-state index contributed by atoms with van der Waals surface area (Å²) in [6.45, 7) is 2.55. The van der Waals surface area contributed by atoms with Crippen LogP contribution in [-0.2, 0) is 0 Å². The smallest absolute Gasteiger partial charge is 0.314 e. The monoisotopic (exact) mass is 207 g/mol. The Hall–Kier alpha value is -0.690. The Morgan fingerprint density at radius 1 is 1.36 bits per heavy atom. The van der Waals surface area contributed by atoms with Gasteiger partial charge in [-0.1, -0.05) is 6.92 Å². The van der Waals surface area contributed by atoms with E-state index in [4.69, 9.17) is 6.42 Å². The third kappa shape index (κ3) is 7.93. The second kappa shape index (κ2) is 6.72. The van der Waals surface area contributed by atoms with Crippen LogP contribution in [0.2, 0.25) is 0 Å². The van der Waals surface area contributed by atoms with Gasteiger partial charge in [0.1, 0.15) is 0 Å². The summed E-state index contributed by atoms with van der Waals surface area (Å²) in [6.07, 6.45) is 1.49. The Kier molecular flexibility index (Phi) is 6.39. The molecule has 0 amide bonds. The molecule has 1 unspecified atom stereocenters. The van der Waals surface area contributed by atoms with Crippen LogP contribution in [0.4, 0.5) is 13.2 Å². The molecule has 0 radical (unpaired) electrons. The fourth-order valence-electron chi connectivity index (χ4n) is 1.23. The van der Waals surface area contributed by atoms with Crippen molar-refractivity contribution < 1.29 is 13.2 Å². The molecule has 0 spiro atoms. The van der Waals surface area contributed by atoms with E-state index in [1.807, 2.05) is 6.92 Å². The fraction of sp³-hybridized carbons (Fsp3) is 0.800. The van der Waals surface area contributed by atoms with Crippen molar-refractivity contribution in [3.8, 4) is 12.3 Å². The van der Waals surface area contributed by atoms with Gasteiger partial charge in [0.2, 0.25) is 0 Å². The van der Waals surface area contributed by atoms with Crippen LogP contribution in [0.15, 0.2) is 0 Å². The number of alkyl halides is 3. The molecule has 0 rings (SSSR count). The van der Waals surface area contributed by atoms with Gasteiger partial charge in [-0.05, 0) is 19.4 Å². The van der Waals surface area contributed by atoms with Gasteiger partial charge in [0.15, 0.2) is 0 Å². The molecule has 0 fully saturated rings. The molecule has 0 heterocycles. The maximum absolute atomic E-state index is 11.9. The van der Waals surface area contributed by atoms with E-state index in [2.05, 4.69) is 11.2 Å². The molecule has 1 N–H and O–H groups in total. The summed E-state index contributed by atoms with van der Waals surface area (Å²) in [6, 6.07) is -0.113. The summed E-state index contributed by atoms with van der Waals surface area (Å²) in [4.78, 5) is 0. The van der Waals surface area contributed by atoms with Crippen LogP contribution in [0, 0.1) is 12.3 Å². The topological polar surface area (TPSA) is 12.0 Å². The molecule has 0 aliphatic rings. The van der Waals surface area contributed by atoms with E-state index in [-0.39, 0.29) is 12.5 Å². The van der Waals surface area contributed by atoms with Crippen molar-refractivity contribution in [3.63, 3.8) is 0 Å². The number of nitrogens with one attached hydrogen (secondary N) is 1. The SMILES string of the molecule is C#CCCC(CCC(F)(F)F)NCC. The van der Waals surface area contributed by atoms with Gasteiger partial charge in [-0.3, -0.25) is 0 Å². The Morgan fingerprint density at radius 3 is 2.43 bits per heavy atom. The molecule has 0 bridgehead atoms. The lowest BCUT2D eigenvalue weighted by Gasteiger charge is -2.17. The van der Waals surface area contributed by atoms with E-state index >= 15 is 0 Å². The highest BCUT2D eigenvalue weighted by atomic mass is 19.4. The highest BCUT2D eigenvalue weighted by molar-refractivity contribution is 4.85. The molecule has 0 aromatic rings. The molecular weight excluding hydrogens is 191 g/mol. The zero-order chi connectivity index (χ0) is 11.0. The second-order valence-corrected chi connectivity index (χ2v) is 3.15. The first-order valence-corrected chi connectivity index (χ1v) is 4.73. The predicted molar refractivity (Wildman–Crippen MR) is 50.8 cm³/mol. The van der Waals surface area contributed by atoms with Gasteiger partial charge in [-0.15, -0.1) is 12.3 Å². The molecule has 1 atom stereocenters. The maximum atomic E-state index is 11.9. The lowest BCUT2D eigenvalue weighted by molar-refractivity contribution is -0.136. The fourth-order valence-corrected chi connectivity index (χ4v) is 1.23. The number of terminal acetylenes is 1. The van der Waals surface area contributed by atoms with Crippen LogP contribution in [0.1, 0.15) is 32.6 Å². The lowest BCUT2D eigenvalue weighted by atomic mass is 10.1. The largest absolute Gasteiger partial charge is 0.389 e. The van der Waals surface area contributed by atoms with Crippen molar-refractivity contribution in [1.82, 2.24) is 5.32 Å². The molecule has 0 aliphatic heterocycles. The summed E-state index contributed by atoms with van der Waals surface area (Å²) >= 11 is 0. The normalized spacial score (nSPS) is 13.6. The number of hydrogen-bond acceptors (Lipinski definition) is 1. The van der Waals surface area contributed by atoms with E-state index in [1.54, 1.807) is 0 Å². The Balaban J connectivity index is 3.79. The van der Waals surface area contributed by atoms with Gasteiger partial charge in [0.25, 0.3) is 0 Å². The third-order valence-electron chi connectivity index (χ3n) is 1.91. The average molecular weight is 207 g/mol. The van der Waals surface area contributed by atoms with Crippen molar-refractivity contribution in [1.29, 1.82) is 0 Å². The van der Waals surface area contributed by atoms with E-state index in [1.165, 1.54) is 0 Å². The second-order valence-electron chi connectivity index (χ2n) is 3.15. The summed E-state index contributed by atoms with van der Waals surface area (Å²) in [5, 5.41) is 2.99. The molecule has 0 aromatic heterocycles. The Labute approximate surface area is 83.1 Å². The molecular formula is C10H16F3N. The lowest BCUT2D eigenvalue weighted by Crippen LogP contribution is -2.30. The van der Waals surface area contributed by atoms with E-state index in [0.29, 0.717) is 19.4 Å². The van der Waals surface area contributed by atoms with E-state index < -0.39 is 12.6 Å².